The number of alkyl halides is 1. The van der Waals surface area contributed by atoms with Gasteiger partial charge in [-0.25, -0.2) is 8.78 Å². The summed E-state index contributed by atoms with van der Waals surface area (Å²) >= 11 is 0. The van der Waals surface area contributed by atoms with Crippen molar-refractivity contribution in [2.75, 3.05) is 6.61 Å². The maximum absolute atomic E-state index is 15.1. The maximum Gasteiger partial charge on any atom is 0.309 e. The van der Waals surface area contributed by atoms with Crippen molar-refractivity contribution in [2.45, 2.75) is 101 Å². The average Bonchev–Trinajstić information content (AvgIpc) is 3.47. The number of nitrogens with one attached hydrogen (secondary N) is 2. The van der Waals surface area contributed by atoms with Gasteiger partial charge in [0.25, 0.3) is 5.91 Å². The van der Waals surface area contributed by atoms with E-state index >= 15 is 4.39 Å². The molecule has 3 N–H and O–H groups in total. The quantitative estimate of drug-likeness (QED) is 0.409. The Morgan fingerprint density at radius 3 is 2.35 bits per heavy atom. The Bertz CT molecular complexity index is 1210. The average molecular weight is 561 g/mol. The van der Waals surface area contributed by atoms with Gasteiger partial charge < -0.3 is 25.2 Å². The number of carboxylic acid groups (broad SMARTS) is 1. The van der Waals surface area contributed by atoms with Crippen LogP contribution in [0.25, 0.3) is 0 Å². The van der Waals surface area contributed by atoms with E-state index in [-0.39, 0.29) is 59.5 Å². The van der Waals surface area contributed by atoms with Crippen LogP contribution in [-0.2, 0) is 9.59 Å². The van der Waals surface area contributed by atoms with E-state index in [1.807, 2.05) is 0 Å². The molecular weight excluding hydrogens is 522 g/mol. The van der Waals surface area contributed by atoms with Crippen LogP contribution in [0.1, 0.15) is 88.4 Å². The van der Waals surface area contributed by atoms with E-state index < -0.39 is 34.3 Å². The van der Waals surface area contributed by atoms with Crippen LogP contribution in [-0.4, -0.2) is 52.9 Å². The molecule has 4 atom stereocenters. The van der Waals surface area contributed by atoms with Crippen LogP contribution < -0.4 is 20.1 Å². The van der Waals surface area contributed by atoms with E-state index in [0.29, 0.717) is 44.9 Å². The lowest BCUT2D eigenvalue weighted by Crippen LogP contribution is -2.77. The van der Waals surface area contributed by atoms with Crippen molar-refractivity contribution in [1.29, 1.82) is 0 Å². The number of carboxylic acids is 1. The van der Waals surface area contributed by atoms with Gasteiger partial charge in [-0.2, -0.15) is 0 Å². The second-order valence-electron chi connectivity index (χ2n) is 13.2. The molecule has 0 radical (unpaired) electrons. The molecule has 2 amide bonds. The zero-order valence-electron chi connectivity index (χ0n) is 23.1. The normalized spacial score (nSPS) is 39.0. The van der Waals surface area contributed by atoms with Gasteiger partial charge in [0.2, 0.25) is 5.91 Å². The SMILES string of the molecule is CCOc1cc(F)c(O[C@H]2CC[C@@](C)(C(=O)O)CC2)cc1C(=O)N[C@@H]1[C@H]2CC[C@H](C2)[C@@H]1C(=O)NC12CC(F)(C1)C2. The molecule has 6 saturated carbocycles. The summed E-state index contributed by atoms with van der Waals surface area (Å²) < 4.78 is 40.6. The molecule has 0 saturated heterocycles. The lowest BCUT2D eigenvalue weighted by Gasteiger charge is -2.66. The minimum Gasteiger partial charge on any atom is -0.493 e. The van der Waals surface area contributed by atoms with Crippen molar-refractivity contribution >= 4 is 17.8 Å². The predicted molar refractivity (Wildman–Crippen MR) is 140 cm³/mol. The topological polar surface area (TPSA) is 114 Å². The van der Waals surface area contributed by atoms with Gasteiger partial charge >= 0.3 is 5.97 Å². The highest BCUT2D eigenvalue weighted by Crippen LogP contribution is 2.63. The molecule has 0 aromatic heterocycles. The molecule has 1 aromatic carbocycles. The van der Waals surface area contributed by atoms with Crippen LogP contribution in [0.5, 0.6) is 11.5 Å². The molecule has 0 unspecified atom stereocenters. The zero-order valence-corrected chi connectivity index (χ0v) is 23.1. The van der Waals surface area contributed by atoms with Crippen molar-refractivity contribution in [3.8, 4) is 11.5 Å². The van der Waals surface area contributed by atoms with E-state index in [2.05, 4.69) is 10.6 Å². The number of hydrogen-bond donors (Lipinski definition) is 3. The number of amides is 2. The number of benzene rings is 1. The van der Waals surface area contributed by atoms with Crippen molar-refractivity contribution in [3.63, 3.8) is 0 Å². The number of fused-ring (bicyclic) bond motifs is 2. The second kappa shape index (κ2) is 9.58. The molecule has 6 fully saturated rings. The number of rotatable bonds is 9. The Hall–Kier alpha value is -2.91. The van der Waals surface area contributed by atoms with Crippen molar-refractivity contribution < 1.29 is 37.7 Å². The van der Waals surface area contributed by atoms with Crippen LogP contribution in [0, 0.1) is 29.0 Å². The third kappa shape index (κ3) is 4.61. The van der Waals surface area contributed by atoms with Gasteiger partial charge in [-0.15, -0.1) is 0 Å². The number of aliphatic carboxylic acids is 1. The van der Waals surface area contributed by atoms with Crippen LogP contribution in [0.2, 0.25) is 0 Å². The number of carbonyl (C=O) groups is 3. The third-order valence-electron chi connectivity index (χ3n) is 10.3. The Balaban J connectivity index is 1.17. The van der Waals surface area contributed by atoms with Crippen molar-refractivity contribution in [3.05, 3.63) is 23.5 Å². The molecule has 4 bridgehead atoms. The second-order valence-corrected chi connectivity index (χ2v) is 13.2. The van der Waals surface area contributed by atoms with E-state index in [9.17, 15) is 23.9 Å². The van der Waals surface area contributed by atoms with Gasteiger partial charge in [-0.3, -0.25) is 14.4 Å². The smallest absolute Gasteiger partial charge is 0.309 e. The standard InChI is InChI=1S/C30H38F2N2O6/c1-3-39-21-12-20(31)22(40-18-6-8-28(2,9-7-18)27(37)38)11-19(21)25(35)33-24-17-5-4-16(10-17)23(24)26(36)34-30-13-29(32,14-30)15-30/h11-12,16-18,23-24H,3-10,13-15H2,1-2H3,(H,33,35)(H,34,36)(H,37,38)/t16-,17+,18-,23+,24-,28+,29?,30?/m1/s1. The number of carbonyl (C=O) groups excluding carboxylic acids is 2. The fourth-order valence-electron chi connectivity index (χ4n) is 8.06. The van der Waals surface area contributed by atoms with Gasteiger partial charge in [0, 0.05) is 36.9 Å². The minimum atomic E-state index is -1.11. The van der Waals surface area contributed by atoms with Gasteiger partial charge in [0.05, 0.1) is 29.6 Å². The lowest BCUT2D eigenvalue weighted by atomic mass is 9.47. The van der Waals surface area contributed by atoms with Crippen molar-refractivity contribution in [2.24, 2.45) is 23.2 Å². The summed E-state index contributed by atoms with van der Waals surface area (Å²) in [5.41, 5.74) is -2.22. The van der Waals surface area contributed by atoms with E-state index in [4.69, 9.17) is 9.47 Å². The first-order chi connectivity index (χ1) is 18.9. The Labute approximate surface area is 232 Å². The lowest BCUT2D eigenvalue weighted by molar-refractivity contribution is -0.177. The third-order valence-corrected chi connectivity index (χ3v) is 10.3. The summed E-state index contributed by atoms with van der Waals surface area (Å²) in [6.45, 7) is 3.68. The molecule has 218 valence electrons. The number of halogens is 2. The fraction of sp³-hybridized carbons (Fsp3) is 0.700. The largest absolute Gasteiger partial charge is 0.493 e. The number of hydrogen-bond acceptors (Lipinski definition) is 5. The highest BCUT2D eigenvalue weighted by Gasteiger charge is 2.70. The molecule has 1 aromatic rings. The molecular formula is C30H38F2N2O6. The molecule has 40 heavy (non-hydrogen) atoms. The highest BCUT2D eigenvalue weighted by molar-refractivity contribution is 5.98. The van der Waals surface area contributed by atoms with Crippen molar-refractivity contribution in [1.82, 2.24) is 10.6 Å². The predicted octanol–water partition coefficient (Wildman–Crippen LogP) is 4.54. The summed E-state index contributed by atoms with van der Waals surface area (Å²) in [5.74, 6) is -2.11. The molecule has 0 spiro atoms. The molecule has 6 aliphatic rings. The van der Waals surface area contributed by atoms with Gasteiger partial charge in [-0.1, -0.05) is 0 Å². The van der Waals surface area contributed by atoms with Crippen LogP contribution in [0.3, 0.4) is 0 Å². The van der Waals surface area contributed by atoms with Gasteiger partial charge in [-0.05, 0) is 76.7 Å². The summed E-state index contributed by atoms with van der Waals surface area (Å²) in [4.78, 5) is 38.6. The molecule has 0 heterocycles. The number of ether oxygens (including phenoxy) is 2. The summed E-state index contributed by atoms with van der Waals surface area (Å²) in [7, 11) is 0. The minimum absolute atomic E-state index is 0.0801. The van der Waals surface area contributed by atoms with E-state index in [1.165, 1.54) is 6.07 Å². The van der Waals surface area contributed by atoms with Gasteiger partial charge in [0.1, 0.15) is 11.4 Å². The highest BCUT2D eigenvalue weighted by atomic mass is 19.1. The van der Waals surface area contributed by atoms with E-state index in [0.717, 1.165) is 25.3 Å². The molecule has 7 rings (SSSR count). The van der Waals surface area contributed by atoms with Crippen LogP contribution in [0.15, 0.2) is 12.1 Å². The molecule has 10 heteroatoms. The first-order valence-corrected chi connectivity index (χ1v) is 14.6. The Kier molecular flexibility index (Phi) is 6.53. The summed E-state index contributed by atoms with van der Waals surface area (Å²) in [6, 6.07) is 2.14. The monoisotopic (exact) mass is 560 g/mol. The maximum atomic E-state index is 15.1. The fourth-order valence-corrected chi connectivity index (χ4v) is 8.06. The van der Waals surface area contributed by atoms with Crippen LogP contribution in [0.4, 0.5) is 8.78 Å². The molecule has 0 aliphatic heterocycles. The van der Waals surface area contributed by atoms with Gasteiger partial charge in [0.15, 0.2) is 11.6 Å². The molecule has 8 nitrogen and oxygen atoms in total. The Morgan fingerprint density at radius 1 is 1.05 bits per heavy atom. The summed E-state index contributed by atoms with van der Waals surface area (Å²) in [6.07, 6.45) is 5.21. The van der Waals surface area contributed by atoms with E-state index in [1.54, 1.807) is 13.8 Å². The summed E-state index contributed by atoms with van der Waals surface area (Å²) in [5, 5.41) is 15.7. The zero-order chi connectivity index (χ0) is 28.4. The van der Waals surface area contributed by atoms with Crippen LogP contribution >= 0.6 is 0 Å². The molecule has 6 aliphatic carbocycles. The first-order valence-electron chi connectivity index (χ1n) is 14.6. The Morgan fingerprint density at radius 2 is 1.73 bits per heavy atom. The first kappa shape index (κ1) is 27.3.